The Bertz CT molecular complexity index is 948. The number of rotatable bonds is 4. The van der Waals surface area contributed by atoms with Gasteiger partial charge in [0.1, 0.15) is 16.1 Å². The fraction of sp³-hybridized carbons (Fsp3) is 0.450. The van der Waals surface area contributed by atoms with E-state index in [9.17, 15) is 17.6 Å². The van der Waals surface area contributed by atoms with Crippen LogP contribution < -0.4 is 4.90 Å². The standard InChI is InChI=1S/C20H24FN3O3S2/c21-16-6-8-17(9-7-16)22-10-3-11-23(14-13-22)20(25)18-4-1-12-24(18)29(26,27)19-5-2-15-28-19/h2,5-9,15,18H,1,3-4,10-14H2. The van der Waals surface area contributed by atoms with Crippen molar-refractivity contribution in [3.05, 3.63) is 47.6 Å². The maximum absolute atomic E-state index is 13.2. The average molecular weight is 438 g/mol. The number of hydrogen-bond acceptors (Lipinski definition) is 5. The zero-order chi connectivity index (χ0) is 20.4. The van der Waals surface area contributed by atoms with Crippen molar-refractivity contribution in [1.29, 1.82) is 0 Å². The number of thiophene rings is 1. The fourth-order valence-corrected chi connectivity index (χ4v) is 6.83. The first-order chi connectivity index (χ1) is 14.0. The zero-order valence-corrected chi connectivity index (χ0v) is 17.7. The van der Waals surface area contributed by atoms with Crippen molar-refractivity contribution in [3.63, 3.8) is 0 Å². The van der Waals surface area contributed by atoms with Crippen molar-refractivity contribution < 1.29 is 17.6 Å². The van der Waals surface area contributed by atoms with Gasteiger partial charge < -0.3 is 9.80 Å². The van der Waals surface area contributed by atoms with Gasteiger partial charge in [0.25, 0.3) is 10.0 Å². The first kappa shape index (κ1) is 20.3. The maximum atomic E-state index is 13.2. The molecule has 0 radical (unpaired) electrons. The van der Waals surface area contributed by atoms with Gasteiger partial charge in [-0.25, -0.2) is 12.8 Å². The number of amides is 1. The van der Waals surface area contributed by atoms with Gasteiger partial charge in [-0.3, -0.25) is 4.79 Å². The highest BCUT2D eigenvalue weighted by Gasteiger charge is 2.41. The van der Waals surface area contributed by atoms with Crippen LogP contribution in [-0.4, -0.2) is 62.3 Å². The predicted molar refractivity (Wildman–Crippen MR) is 111 cm³/mol. The topological polar surface area (TPSA) is 60.9 Å². The Morgan fingerprint density at radius 3 is 2.52 bits per heavy atom. The Morgan fingerprint density at radius 1 is 1.00 bits per heavy atom. The molecule has 0 saturated carbocycles. The summed E-state index contributed by atoms with van der Waals surface area (Å²) in [5.41, 5.74) is 0.934. The lowest BCUT2D eigenvalue weighted by molar-refractivity contribution is -0.134. The van der Waals surface area contributed by atoms with Crippen LogP contribution in [-0.2, 0) is 14.8 Å². The molecule has 0 N–H and O–H groups in total. The fourth-order valence-electron chi connectivity index (χ4n) is 4.06. The Labute approximate surface area is 174 Å². The van der Waals surface area contributed by atoms with Crippen LogP contribution in [0.15, 0.2) is 46.0 Å². The van der Waals surface area contributed by atoms with Crippen molar-refractivity contribution in [3.8, 4) is 0 Å². The molecule has 4 rings (SSSR count). The van der Waals surface area contributed by atoms with Gasteiger partial charge >= 0.3 is 0 Å². The smallest absolute Gasteiger partial charge is 0.253 e. The minimum atomic E-state index is -3.64. The van der Waals surface area contributed by atoms with E-state index in [1.807, 2.05) is 0 Å². The zero-order valence-electron chi connectivity index (χ0n) is 16.0. The quantitative estimate of drug-likeness (QED) is 0.738. The van der Waals surface area contributed by atoms with E-state index in [0.717, 1.165) is 18.7 Å². The summed E-state index contributed by atoms with van der Waals surface area (Å²) in [4.78, 5) is 17.2. The molecule has 1 atom stereocenters. The van der Waals surface area contributed by atoms with Crippen molar-refractivity contribution in [1.82, 2.24) is 9.21 Å². The van der Waals surface area contributed by atoms with Gasteiger partial charge in [0.2, 0.25) is 5.91 Å². The molecule has 2 aliphatic rings. The second kappa shape index (κ2) is 8.41. The largest absolute Gasteiger partial charge is 0.370 e. The number of anilines is 1. The molecule has 156 valence electrons. The van der Waals surface area contributed by atoms with Crippen LogP contribution >= 0.6 is 11.3 Å². The summed E-state index contributed by atoms with van der Waals surface area (Å²) in [6.45, 7) is 2.92. The van der Waals surface area contributed by atoms with Crippen molar-refractivity contribution in [2.75, 3.05) is 37.6 Å². The maximum Gasteiger partial charge on any atom is 0.253 e. The molecule has 9 heteroatoms. The highest BCUT2D eigenvalue weighted by molar-refractivity contribution is 7.91. The van der Waals surface area contributed by atoms with Gasteiger partial charge in [0, 0.05) is 38.4 Å². The van der Waals surface area contributed by atoms with Gasteiger partial charge in [0.15, 0.2) is 0 Å². The molecule has 0 aliphatic carbocycles. The van der Waals surface area contributed by atoms with E-state index < -0.39 is 16.1 Å². The first-order valence-corrected chi connectivity index (χ1v) is 12.1. The third-order valence-electron chi connectivity index (χ3n) is 5.55. The Kier molecular flexibility index (Phi) is 5.89. The molecule has 1 amide bonds. The molecule has 2 saturated heterocycles. The molecule has 2 aliphatic heterocycles. The monoisotopic (exact) mass is 437 g/mol. The second-order valence-electron chi connectivity index (χ2n) is 7.35. The van der Waals surface area contributed by atoms with Gasteiger partial charge in [-0.1, -0.05) is 6.07 Å². The minimum absolute atomic E-state index is 0.108. The third-order valence-corrected chi connectivity index (χ3v) is 8.83. The van der Waals surface area contributed by atoms with Gasteiger partial charge in [-0.05, 0) is 55.0 Å². The minimum Gasteiger partial charge on any atom is -0.370 e. The molecule has 6 nitrogen and oxygen atoms in total. The SMILES string of the molecule is O=C(C1CCCN1S(=O)(=O)c1cccs1)N1CCCN(c2ccc(F)cc2)CC1. The number of carbonyl (C=O) groups is 1. The van der Waals surface area contributed by atoms with Crippen molar-refractivity contribution in [2.45, 2.75) is 29.5 Å². The molecule has 0 spiro atoms. The van der Waals surface area contributed by atoms with Crippen LogP contribution in [0.25, 0.3) is 0 Å². The van der Waals surface area contributed by atoms with E-state index in [4.69, 9.17) is 0 Å². The number of hydrogen-bond donors (Lipinski definition) is 0. The summed E-state index contributed by atoms with van der Waals surface area (Å²) >= 11 is 1.18. The van der Waals surface area contributed by atoms with Crippen LogP contribution in [0.2, 0.25) is 0 Å². The normalized spacial score (nSPS) is 21.3. The van der Waals surface area contributed by atoms with E-state index in [1.165, 1.54) is 27.8 Å². The molecule has 2 fully saturated rings. The lowest BCUT2D eigenvalue weighted by Gasteiger charge is -2.29. The number of benzene rings is 1. The number of sulfonamides is 1. The van der Waals surface area contributed by atoms with Crippen LogP contribution in [0.3, 0.4) is 0 Å². The van der Waals surface area contributed by atoms with Crippen molar-refractivity contribution >= 4 is 33.0 Å². The summed E-state index contributed by atoms with van der Waals surface area (Å²) in [6.07, 6.45) is 2.03. The predicted octanol–water partition coefficient (Wildman–Crippen LogP) is 2.78. The molecular formula is C20H24FN3O3S2. The summed E-state index contributed by atoms with van der Waals surface area (Å²) in [5, 5.41) is 1.73. The van der Waals surface area contributed by atoms with Gasteiger partial charge in [0.05, 0.1) is 0 Å². The summed E-state index contributed by atoms with van der Waals surface area (Å²) in [6, 6.07) is 9.05. The Hall–Kier alpha value is -1.97. The third kappa shape index (κ3) is 4.17. The highest BCUT2D eigenvalue weighted by atomic mass is 32.2. The summed E-state index contributed by atoms with van der Waals surface area (Å²) < 4.78 is 40.8. The summed E-state index contributed by atoms with van der Waals surface area (Å²) in [5.74, 6) is -0.378. The molecule has 2 aromatic rings. The van der Waals surface area contributed by atoms with E-state index in [2.05, 4.69) is 4.90 Å². The van der Waals surface area contributed by atoms with Gasteiger partial charge in [-0.15, -0.1) is 11.3 Å². The number of nitrogens with zero attached hydrogens (tertiary/aromatic N) is 3. The number of carbonyl (C=O) groups excluding carboxylic acids is 1. The summed E-state index contributed by atoms with van der Waals surface area (Å²) in [7, 11) is -3.64. The van der Waals surface area contributed by atoms with Crippen LogP contribution in [0.4, 0.5) is 10.1 Å². The average Bonchev–Trinajstić information content (AvgIpc) is 3.37. The van der Waals surface area contributed by atoms with E-state index >= 15 is 0 Å². The van der Waals surface area contributed by atoms with E-state index in [1.54, 1.807) is 34.5 Å². The molecular weight excluding hydrogens is 413 g/mol. The second-order valence-corrected chi connectivity index (χ2v) is 10.4. The lowest BCUT2D eigenvalue weighted by Crippen LogP contribution is -2.48. The van der Waals surface area contributed by atoms with Crippen molar-refractivity contribution in [2.24, 2.45) is 0 Å². The molecule has 1 unspecified atom stereocenters. The Morgan fingerprint density at radius 2 is 1.79 bits per heavy atom. The molecule has 0 bridgehead atoms. The first-order valence-electron chi connectivity index (χ1n) is 9.81. The van der Waals surface area contributed by atoms with E-state index in [0.29, 0.717) is 39.0 Å². The van der Waals surface area contributed by atoms with E-state index in [-0.39, 0.29) is 15.9 Å². The number of halogens is 1. The lowest BCUT2D eigenvalue weighted by atomic mass is 10.2. The Balaban J connectivity index is 1.45. The van der Waals surface area contributed by atoms with Crippen LogP contribution in [0.1, 0.15) is 19.3 Å². The van der Waals surface area contributed by atoms with Gasteiger partial charge in [-0.2, -0.15) is 4.31 Å². The molecule has 3 heterocycles. The van der Waals surface area contributed by atoms with Crippen LogP contribution in [0.5, 0.6) is 0 Å². The molecule has 1 aromatic heterocycles. The molecule has 1 aromatic carbocycles. The highest BCUT2D eigenvalue weighted by Crippen LogP contribution is 2.30. The molecule has 29 heavy (non-hydrogen) atoms. The van der Waals surface area contributed by atoms with Crippen LogP contribution in [0, 0.1) is 5.82 Å².